The highest BCUT2D eigenvalue weighted by Gasteiger charge is 2.39. The molecule has 1 aromatic rings. The molecule has 1 unspecified atom stereocenters. The average Bonchev–Trinajstić information content (AvgIpc) is 2.14. The fourth-order valence-electron chi connectivity index (χ4n) is 1.16. The van der Waals surface area contributed by atoms with Gasteiger partial charge in [0.1, 0.15) is 6.04 Å². The van der Waals surface area contributed by atoms with Gasteiger partial charge < -0.3 is 10.5 Å². The summed E-state index contributed by atoms with van der Waals surface area (Å²) in [5.41, 5.74) is 4.53. The van der Waals surface area contributed by atoms with Gasteiger partial charge in [-0.1, -0.05) is 12.1 Å². The van der Waals surface area contributed by atoms with Crippen molar-refractivity contribution in [2.24, 2.45) is 5.73 Å². The Morgan fingerprint density at radius 3 is 2.40 bits per heavy atom. The Balaban J connectivity index is 3.20. The minimum absolute atomic E-state index is 0.412. The van der Waals surface area contributed by atoms with E-state index >= 15 is 0 Å². The first kappa shape index (κ1) is 11.8. The van der Waals surface area contributed by atoms with E-state index in [1.807, 2.05) is 0 Å². The topological polar surface area (TPSA) is 35.2 Å². The molecule has 0 aromatic heterocycles. The van der Waals surface area contributed by atoms with Crippen LogP contribution in [0.3, 0.4) is 0 Å². The summed E-state index contributed by atoms with van der Waals surface area (Å²) in [4.78, 5) is 0. The summed E-state index contributed by atoms with van der Waals surface area (Å²) in [5.74, 6) is -1.34. The highest BCUT2D eigenvalue weighted by atomic mass is 19.4. The molecule has 1 aromatic carbocycles. The maximum atomic E-state index is 13.1. The molecule has 0 heterocycles. The third kappa shape index (κ3) is 2.38. The molecular formula is C9H9F4NO. The van der Waals surface area contributed by atoms with Crippen molar-refractivity contribution in [2.75, 3.05) is 7.11 Å². The molecule has 0 saturated heterocycles. The van der Waals surface area contributed by atoms with Gasteiger partial charge in [0.25, 0.3) is 0 Å². The number of para-hydroxylation sites is 1. The van der Waals surface area contributed by atoms with Gasteiger partial charge in [0.2, 0.25) is 0 Å². The lowest BCUT2D eigenvalue weighted by atomic mass is 10.1. The molecule has 0 fully saturated rings. The number of hydrogen-bond donors (Lipinski definition) is 1. The molecule has 0 aliphatic rings. The Morgan fingerprint density at radius 1 is 1.33 bits per heavy atom. The summed E-state index contributed by atoms with van der Waals surface area (Å²) in [6, 6.07) is 0.993. The van der Waals surface area contributed by atoms with Crippen molar-refractivity contribution in [3.05, 3.63) is 29.6 Å². The van der Waals surface area contributed by atoms with E-state index in [1.165, 1.54) is 0 Å². The molecule has 0 aliphatic heterocycles. The van der Waals surface area contributed by atoms with Crippen LogP contribution in [0.2, 0.25) is 0 Å². The Kier molecular flexibility index (Phi) is 3.18. The van der Waals surface area contributed by atoms with Crippen LogP contribution < -0.4 is 10.5 Å². The number of nitrogens with two attached hydrogens (primary N) is 1. The molecule has 2 N–H and O–H groups in total. The standard InChI is InChI=1S/C9H9F4NO/c1-15-7-5(3-2-4-6(7)10)8(14)9(11,12)13/h2-4,8H,14H2,1H3. The number of halogens is 4. The molecule has 1 rings (SSSR count). The van der Waals surface area contributed by atoms with Crippen molar-refractivity contribution in [3.8, 4) is 5.75 Å². The molecule has 0 amide bonds. The molecule has 0 aliphatic carbocycles. The number of ether oxygens (including phenoxy) is 1. The fourth-order valence-corrected chi connectivity index (χ4v) is 1.16. The van der Waals surface area contributed by atoms with Gasteiger partial charge in [-0.3, -0.25) is 0 Å². The van der Waals surface area contributed by atoms with Gasteiger partial charge in [-0.05, 0) is 6.07 Å². The zero-order valence-corrected chi connectivity index (χ0v) is 7.81. The smallest absolute Gasteiger partial charge is 0.407 e. The fraction of sp³-hybridized carbons (Fsp3) is 0.333. The summed E-state index contributed by atoms with van der Waals surface area (Å²) in [5, 5.41) is 0. The van der Waals surface area contributed by atoms with Gasteiger partial charge in [0.15, 0.2) is 11.6 Å². The summed E-state index contributed by atoms with van der Waals surface area (Å²) < 4.78 is 54.4. The van der Waals surface area contributed by atoms with Gasteiger partial charge in [0.05, 0.1) is 7.11 Å². The van der Waals surface area contributed by atoms with Gasteiger partial charge in [-0.2, -0.15) is 13.2 Å². The van der Waals surface area contributed by atoms with Crippen LogP contribution in [0, 0.1) is 5.82 Å². The lowest BCUT2D eigenvalue weighted by Crippen LogP contribution is -2.29. The largest absolute Gasteiger partial charge is 0.493 e. The van der Waals surface area contributed by atoms with E-state index in [0.717, 1.165) is 25.3 Å². The Morgan fingerprint density at radius 2 is 1.93 bits per heavy atom. The molecule has 84 valence electrons. The van der Waals surface area contributed by atoms with E-state index in [0.29, 0.717) is 0 Å². The monoisotopic (exact) mass is 223 g/mol. The number of alkyl halides is 3. The highest BCUT2D eigenvalue weighted by molar-refractivity contribution is 5.37. The van der Waals surface area contributed by atoms with Crippen LogP contribution in [0.4, 0.5) is 17.6 Å². The predicted octanol–water partition coefficient (Wildman–Crippen LogP) is 2.40. The van der Waals surface area contributed by atoms with Crippen LogP contribution in [0.25, 0.3) is 0 Å². The van der Waals surface area contributed by atoms with E-state index in [1.54, 1.807) is 0 Å². The number of benzene rings is 1. The molecule has 0 spiro atoms. The average molecular weight is 223 g/mol. The summed E-state index contributed by atoms with van der Waals surface area (Å²) in [7, 11) is 1.09. The predicted molar refractivity (Wildman–Crippen MR) is 45.9 cm³/mol. The third-order valence-electron chi connectivity index (χ3n) is 1.89. The second kappa shape index (κ2) is 4.06. The van der Waals surface area contributed by atoms with Crippen molar-refractivity contribution in [2.45, 2.75) is 12.2 Å². The normalized spacial score (nSPS) is 13.7. The Hall–Kier alpha value is -1.30. The van der Waals surface area contributed by atoms with Crippen LogP contribution in [0.5, 0.6) is 5.75 Å². The van der Waals surface area contributed by atoms with E-state index in [4.69, 9.17) is 5.73 Å². The maximum absolute atomic E-state index is 13.1. The van der Waals surface area contributed by atoms with Gasteiger partial charge in [0, 0.05) is 5.56 Å². The molecule has 6 heteroatoms. The van der Waals surface area contributed by atoms with Crippen molar-refractivity contribution in [3.63, 3.8) is 0 Å². The first-order chi connectivity index (χ1) is 6.88. The van der Waals surface area contributed by atoms with Crippen molar-refractivity contribution in [1.29, 1.82) is 0 Å². The molecule has 0 bridgehead atoms. The van der Waals surface area contributed by atoms with Crippen molar-refractivity contribution >= 4 is 0 Å². The Bertz CT molecular complexity index is 350. The molecule has 15 heavy (non-hydrogen) atoms. The van der Waals surface area contributed by atoms with Gasteiger partial charge >= 0.3 is 6.18 Å². The van der Waals surface area contributed by atoms with Gasteiger partial charge in [-0.15, -0.1) is 0 Å². The van der Waals surface area contributed by atoms with Crippen LogP contribution in [0.1, 0.15) is 11.6 Å². The van der Waals surface area contributed by atoms with E-state index < -0.39 is 29.3 Å². The second-order valence-corrected chi connectivity index (χ2v) is 2.88. The highest BCUT2D eigenvalue weighted by Crippen LogP contribution is 2.36. The zero-order chi connectivity index (χ0) is 11.6. The quantitative estimate of drug-likeness (QED) is 0.781. The summed E-state index contributed by atoms with van der Waals surface area (Å²) in [6.45, 7) is 0. The molecule has 0 radical (unpaired) electrons. The maximum Gasteiger partial charge on any atom is 0.407 e. The third-order valence-corrected chi connectivity index (χ3v) is 1.89. The van der Waals surface area contributed by atoms with E-state index in [2.05, 4.69) is 4.74 Å². The van der Waals surface area contributed by atoms with E-state index in [-0.39, 0.29) is 0 Å². The van der Waals surface area contributed by atoms with Crippen LogP contribution in [-0.2, 0) is 0 Å². The summed E-state index contributed by atoms with van der Waals surface area (Å²) >= 11 is 0. The minimum atomic E-state index is -4.62. The molecule has 1 atom stereocenters. The van der Waals surface area contributed by atoms with Crippen LogP contribution in [-0.4, -0.2) is 13.3 Å². The van der Waals surface area contributed by atoms with Crippen molar-refractivity contribution < 1.29 is 22.3 Å². The number of methoxy groups -OCH3 is 1. The van der Waals surface area contributed by atoms with E-state index in [9.17, 15) is 17.6 Å². The lowest BCUT2D eigenvalue weighted by molar-refractivity contribution is -0.149. The molecule has 2 nitrogen and oxygen atoms in total. The first-order valence-electron chi connectivity index (χ1n) is 4.02. The first-order valence-corrected chi connectivity index (χ1v) is 4.02. The minimum Gasteiger partial charge on any atom is -0.493 e. The van der Waals surface area contributed by atoms with Crippen LogP contribution in [0.15, 0.2) is 18.2 Å². The Labute approximate surface area is 83.6 Å². The van der Waals surface area contributed by atoms with Crippen LogP contribution >= 0.6 is 0 Å². The van der Waals surface area contributed by atoms with Gasteiger partial charge in [-0.25, -0.2) is 4.39 Å². The number of hydrogen-bond acceptors (Lipinski definition) is 2. The van der Waals surface area contributed by atoms with Crippen molar-refractivity contribution in [1.82, 2.24) is 0 Å². The number of rotatable bonds is 2. The summed E-state index contributed by atoms with van der Waals surface area (Å²) in [6.07, 6.45) is -4.62. The molecule has 0 saturated carbocycles. The SMILES string of the molecule is COc1c(F)cccc1C(N)C(F)(F)F. The second-order valence-electron chi connectivity index (χ2n) is 2.88. The zero-order valence-electron chi connectivity index (χ0n) is 7.81. The lowest BCUT2D eigenvalue weighted by Gasteiger charge is -2.18. The molecular weight excluding hydrogens is 214 g/mol.